The molecule has 1 heterocycles. The molecule has 6 heteroatoms. The first-order valence-corrected chi connectivity index (χ1v) is 8.34. The summed E-state index contributed by atoms with van der Waals surface area (Å²) in [4.78, 5) is 12.4. The molecule has 0 saturated carbocycles. The van der Waals surface area contributed by atoms with Crippen molar-refractivity contribution in [3.05, 3.63) is 65.4 Å². The topological polar surface area (TPSA) is 42.2 Å². The quantitative estimate of drug-likeness (QED) is 0.695. The van der Waals surface area contributed by atoms with Gasteiger partial charge in [-0.3, -0.25) is 4.79 Å². The highest BCUT2D eigenvalue weighted by atomic mass is 32.2. The molecule has 0 radical (unpaired) electrons. The third kappa shape index (κ3) is 3.59. The van der Waals surface area contributed by atoms with E-state index < -0.39 is 0 Å². The van der Waals surface area contributed by atoms with E-state index in [1.165, 1.54) is 18.2 Å². The lowest BCUT2D eigenvalue weighted by Gasteiger charge is -2.05. The van der Waals surface area contributed by atoms with Crippen molar-refractivity contribution in [1.82, 2.24) is 5.32 Å². The lowest BCUT2D eigenvalue weighted by molar-refractivity contribution is -0.118. The van der Waals surface area contributed by atoms with Crippen LogP contribution in [0.1, 0.15) is 11.3 Å². The van der Waals surface area contributed by atoms with E-state index in [2.05, 4.69) is 5.32 Å². The fourth-order valence-electron chi connectivity index (χ4n) is 2.35. The van der Waals surface area contributed by atoms with E-state index in [0.717, 1.165) is 17.3 Å². The van der Waals surface area contributed by atoms with Gasteiger partial charge in [-0.1, -0.05) is 12.1 Å². The van der Waals surface area contributed by atoms with Gasteiger partial charge in [0.05, 0.1) is 12.3 Å². The van der Waals surface area contributed by atoms with Gasteiger partial charge in [-0.05, 0) is 37.3 Å². The highest BCUT2D eigenvalue weighted by Crippen LogP contribution is 2.26. The summed E-state index contributed by atoms with van der Waals surface area (Å²) in [6.45, 7) is 2.03. The van der Waals surface area contributed by atoms with Crippen LogP contribution in [0.4, 0.5) is 8.78 Å². The van der Waals surface area contributed by atoms with Crippen LogP contribution in [0.2, 0.25) is 0 Å². The van der Waals surface area contributed by atoms with Crippen molar-refractivity contribution in [2.24, 2.45) is 0 Å². The smallest absolute Gasteiger partial charge is 0.230 e. The predicted molar refractivity (Wildman–Crippen MR) is 89.9 cm³/mol. The highest BCUT2D eigenvalue weighted by molar-refractivity contribution is 8.00. The number of fused-ring (bicyclic) bond motifs is 1. The maximum absolute atomic E-state index is 13.5. The van der Waals surface area contributed by atoms with Gasteiger partial charge in [0.2, 0.25) is 5.91 Å². The summed E-state index contributed by atoms with van der Waals surface area (Å²) in [6, 6.07) is 10.6. The summed E-state index contributed by atoms with van der Waals surface area (Å²) in [6.07, 6.45) is 0. The maximum Gasteiger partial charge on any atom is 0.230 e. The van der Waals surface area contributed by atoms with Crippen LogP contribution in [0.3, 0.4) is 0 Å². The number of aryl methyl sites for hydroxylation is 1. The first-order chi connectivity index (χ1) is 11.5. The number of carbonyl (C=O) groups excluding carboxylic acids is 1. The number of rotatable bonds is 5. The summed E-state index contributed by atoms with van der Waals surface area (Å²) in [5, 5.41) is 3.43. The fraction of sp³-hybridized carbons (Fsp3) is 0.167. The monoisotopic (exact) mass is 347 g/mol. The van der Waals surface area contributed by atoms with Crippen molar-refractivity contribution in [2.45, 2.75) is 18.4 Å². The maximum atomic E-state index is 13.5. The molecule has 124 valence electrons. The molecule has 0 fully saturated rings. The van der Waals surface area contributed by atoms with E-state index in [1.807, 2.05) is 6.92 Å². The number of carbonyl (C=O) groups is 1. The van der Waals surface area contributed by atoms with Crippen LogP contribution in [0.25, 0.3) is 11.0 Å². The minimum absolute atomic E-state index is 0.106. The molecule has 1 aromatic heterocycles. The number of benzene rings is 2. The van der Waals surface area contributed by atoms with Gasteiger partial charge < -0.3 is 9.73 Å². The molecule has 0 bridgehead atoms. The highest BCUT2D eigenvalue weighted by Gasteiger charge is 2.12. The number of furan rings is 1. The third-order valence-electron chi connectivity index (χ3n) is 3.64. The standard InChI is InChI=1S/C18H15F2NO2S/c1-11-13-8-12(19)6-7-15(13)23-16(11)9-21-18(22)10-24-17-5-3-2-4-14(17)20/h2-8H,9-10H2,1H3,(H,21,22). The van der Waals surface area contributed by atoms with Crippen LogP contribution >= 0.6 is 11.8 Å². The van der Waals surface area contributed by atoms with Gasteiger partial charge in [-0.2, -0.15) is 0 Å². The molecule has 0 aliphatic carbocycles. The van der Waals surface area contributed by atoms with Crippen LogP contribution in [-0.4, -0.2) is 11.7 Å². The normalized spacial score (nSPS) is 11.0. The van der Waals surface area contributed by atoms with Gasteiger partial charge in [0.1, 0.15) is 23.0 Å². The summed E-state index contributed by atoms with van der Waals surface area (Å²) in [5.41, 5.74) is 1.38. The Labute approximate surface area is 142 Å². The van der Waals surface area contributed by atoms with E-state index in [1.54, 1.807) is 24.3 Å². The predicted octanol–water partition coefficient (Wildman–Crippen LogP) is 4.43. The molecule has 1 N–H and O–H groups in total. The fourth-order valence-corrected chi connectivity index (χ4v) is 3.12. The minimum Gasteiger partial charge on any atom is -0.459 e. The average Bonchev–Trinajstić information content (AvgIpc) is 2.88. The van der Waals surface area contributed by atoms with E-state index in [9.17, 15) is 13.6 Å². The summed E-state index contributed by atoms with van der Waals surface area (Å²) in [7, 11) is 0. The lowest BCUT2D eigenvalue weighted by atomic mass is 10.1. The largest absolute Gasteiger partial charge is 0.459 e. The molecule has 1 amide bonds. The number of nitrogens with one attached hydrogen (secondary N) is 1. The molecule has 0 aliphatic rings. The van der Waals surface area contributed by atoms with Gasteiger partial charge >= 0.3 is 0 Å². The van der Waals surface area contributed by atoms with Gasteiger partial charge in [0, 0.05) is 15.8 Å². The molecule has 0 saturated heterocycles. The summed E-state index contributed by atoms with van der Waals surface area (Å²) < 4.78 is 32.4. The van der Waals surface area contributed by atoms with Gasteiger partial charge in [0.15, 0.2) is 0 Å². The van der Waals surface area contributed by atoms with Crippen LogP contribution < -0.4 is 5.32 Å². The molecular weight excluding hydrogens is 332 g/mol. The molecule has 0 atom stereocenters. The van der Waals surface area contributed by atoms with Crippen molar-refractivity contribution >= 4 is 28.6 Å². The molecule has 24 heavy (non-hydrogen) atoms. The lowest BCUT2D eigenvalue weighted by Crippen LogP contribution is -2.24. The average molecular weight is 347 g/mol. The Morgan fingerprint density at radius 1 is 1.21 bits per heavy atom. The van der Waals surface area contributed by atoms with E-state index in [0.29, 0.717) is 21.6 Å². The zero-order chi connectivity index (χ0) is 17.1. The van der Waals surface area contributed by atoms with Gasteiger partial charge in [0.25, 0.3) is 0 Å². The van der Waals surface area contributed by atoms with Crippen LogP contribution in [0.15, 0.2) is 51.8 Å². The SMILES string of the molecule is Cc1c(CNC(=O)CSc2ccccc2F)oc2ccc(F)cc12. The Bertz CT molecular complexity index is 892. The Morgan fingerprint density at radius 2 is 2.00 bits per heavy atom. The Morgan fingerprint density at radius 3 is 2.79 bits per heavy atom. The van der Waals surface area contributed by atoms with Crippen LogP contribution in [-0.2, 0) is 11.3 Å². The van der Waals surface area contributed by atoms with E-state index in [-0.39, 0.29) is 29.8 Å². The summed E-state index contributed by atoms with van der Waals surface area (Å²) >= 11 is 1.13. The van der Waals surface area contributed by atoms with Crippen molar-refractivity contribution in [3.63, 3.8) is 0 Å². The molecule has 0 spiro atoms. The van der Waals surface area contributed by atoms with E-state index in [4.69, 9.17) is 4.42 Å². The number of halogens is 2. The van der Waals surface area contributed by atoms with Crippen LogP contribution in [0.5, 0.6) is 0 Å². The number of amides is 1. The molecule has 0 aliphatic heterocycles. The number of hydrogen-bond donors (Lipinski definition) is 1. The molecule has 3 aromatic rings. The number of thioether (sulfide) groups is 1. The van der Waals surface area contributed by atoms with Gasteiger partial charge in [-0.25, -0.2) is 8.78 Å². The second kappa shape index (κ2) is 7.05. The summed E-state index contributed by atoms with van der Waals surface area (Å²) in [5.74, 6) is -0.211. The zero-order valence-corrected chi connectivity index (χ0v) is 13.8. The third-order valence-corrected chi connectivity index (χ3v) is 4.69. The van der Waals surface area contributed by atoms with Gasteiger partial charge in [-0.15, -0.1) is 11.8 Å². The second-order valence-electron chi connectivity index (χ2n) is 5.29. The minimum atomic E-state index is -0.342. The first kappa shape index (κ1) is 16.5. The molecule has 0 unspecified atom stereocenters. The van der Waals surface area contributed by atoms with Crippen molar-refractivity contribution in [2.75, 3.05) is 5.75 Å². The molecule has 2 aromatic carbocycles. The number of hydrogen-bond acceptors (Lipinski definition) is 3. The zero-order valence-electron chi connectivity index (χ0n) is 12.9. The van der Waals surface area contributed by atoms with Crippen LogP contribution in [0, 0.1) is 18.6 Å². The molecule has 3 rings (SSSR count). The van der Waals surface area contributed by atoms with E-state index >= 15 is 0 Å². The first-order valence-electron chi connectivity index (χ1n) is 7.36. The second-order valence-corrected chi connectivity index (χ2v) is 6.30. The Kier molecular flexibility index (Phi) is 4.85. The van der Waals surface area contributed by atoms with Crippen molar-refractivity contribution in [3.8, 4) is 0 Å². The van der Waals surface area contributed by atoms with Crippen molar-refractivity contribution < 1.29 is 18.0 Å². The van der Waals surface area contributed by atoms with Crippen molar-refractivity contribution in [1.29, 1.82) is 0 Å². The Balaban J connectivity index is 1.60. The molecular formula is C18H15F2NO2S. The Hall–Kier alpha value is -2.34. The molecule has 3 nitrogen and oxygen atoms in total.